The quantitative estimate of drug-likeness (QED) is 0.568. The van der Waals surface area contributed by atoms with Crippen molar-refractivity contribution in [2.75, 3.05) is 25.4 Å². The van der Waals surface area contributed by atoms with E-state index in [0.29, 0.717) is 12.1 Å². The largest absolute Gasteiger partial charge is 0.376 e. The van der Waals surface area contributed by atoms with E-state index in [1.54, 1.807) is 0 Å². The second-order valence-corrected chi connectivity index (χ2v) is 4.36. The first-order valence-corrected chi connectivity index (χ1v) is 5.93. The molecule has 3 heteroatoms. The molecule has 82 valence electrons. The van der Waals surface area contributed by atoms with Crippen LogP contribution in [0, 0.1) is 0 Å². The molecule has 1 rings (SSSR count). The van der Waals surface area contributed by atoms with E-state index in [-0.39, 0.29) is 0 Å². The lowest BCUT2D eigenvalue weighted by Gasteiger charge is -2.38. The molecule has 0 bridgehead atoms. The molecule has 2 nitrogen and oxygen atoms in total. The lowest BCUT2D eigenvalue weighted by atomic mass is 10.1. The monoisotopic (exact) mass is 215 g/mol. The summed E-state index contributed by atoms with van der Waals surface area (Å²) in [6.07, 6.45) is 1.50. The van der Waals surface area contributed by atoms with Crippen molar-refractivity contribution in [2.24, 2.45) is 0 Å². The number of hydrogen-bond acceptors (Lipinski definition) is 3. The van der Waals surface area contributed by atoms with Crippen molar-refractivity contribution in [1.82, 2.24) is 4.90 Å². The zero-order valence-corrected chi connectivity index (χ0v) is 10.1. The standard InChI is InChI=1S/C11H21NOS/c1-4-11-7-13-10(3)6-12(11)5-9(2)8-14/h10-11,14H,2,4-8H2,1,3H3. The molecule has 1 aliphatic heterocycles. The molecule has 14 heavy (non-hydrogen) atoms. The van der Waals surface area contributed by atoms with E-state index >= 15 is 0 Å². The summed E-state index contributed by atoms with van der Waals surface area (Å²) in [5.41, 5.74) is 1.20. The minimum atomic E-state index is 0.352. The van der Waals surface area contributed by atoms with E-state index < -0.39 is 0 Å². The third-order valence-electron chi connectivity index (χ3n) is 2.70. The third-order valence-corrected chi connectivity index (χ3v) is 3.15. The van der Waals surface area contributed by atoms with Crippen LogP contribution in [0.15, 0.2) is 12.2 Å². The van der Waals surface area contributed by atoms with Gasteiger partial charge in [-0.05, 0) is 13.3 Å². The van der Waals surface area contributed by atoms with Gasteiger partial charge < -0.3 is 4.74 Å². The van der Waals surface area contributed by atoms with Gasteiger partial charge in [0, 0.05) is 24.9 Å². The van der Waals surface area contributed by atoms with Gasteiger partial charge in [-0.15, -0.1) is 0 Å². The Morgan fingerprint density at radius 3 is 2.93 bits per heavy atom. The van der Waals surface area contributed by atoms with Crippen molar-refractivity contribution >= 4 is 12.6 Å². The summed E-state index contributed by atoms with van der Waals surface area (Å²) in [5.74, 6) is 0.780. The van der Waals surface area contributed by atoms with E-state index in [0.717, 1.165) is 31.9 Å². The molecule has 0 aliphatic carbocycles. The highest BCUT2D eigenvalue weighted by atomic mass is 32.1. The zero-order chi connectivity index (χ0) is 10.6. The average molecular weight is 215 g/mol. The van der Waals surface area contributed by atoms with Crippen LogP contribution < -0.4 is 0 Å². The van der Waals surface area contributed by atoms with Gasteiger partial charge in [0.15, 0.2) is 0 Å². The molecule has 0 aromatic rings. The molecule has 1 fully saturated rings. The van der Waals surface area contributed by atoms with Crippen LogP contribution in [0.1, 0.15) is 20.3 Å². The van der Waals surface area contributed by atoms with Gasteiger partial charge >= 0.3 is 0 Å². The van der Waals surface area contributed by atoms with Gasteiger partial charge in [0.2, 0.25) is 0 Å². The van der Waals surface area contributed by atoms with Crippen LogP contribution in [0.3, 0.4) is 0 Å². The first kappa shape index (κ1) is 12.1. The predicted octanol–water partition coefficient (Wildman–Crippen LogP) is 1.97. The summed E-state index contributed by atoms with van der Waals surface area (Å²) in [5, 5.41) is 0. The van der Waals surface area contributed by atoms with Crippen molar-refractivity contribution in [2.45, 2.75) is 32.4 Å². The Hall–Kier alpha value is 0.01000. The fourth-order valence-corrected chi connectivity index (χ4v) is 1.92. The summed E-state index contributed by atoms with van der Waals surface area (Å²) in [6.45, 7) is 11.2. The summed E-state index contributed by atoms with van der Waals surface area (Å²) in [6, 6.07) is 0.558. The maximum atomic E-state index is 5.64. The van der Waals surface area contributed by atoms with E-state index in [1.165, 1.54) is 5.57 Å². The highest BCUT2D eigenvalue weighted by molar-refractivity contribution is 7.80. The number of ether oxygens (including phenoxy) is 1. The van der Waals surface area contributed by atoms with Gasteiger partial charge in [0.05, 0.1) is 12.7 Å². The van der Waals surface area contributed by atoms with E-state index in [4.69, 9.17) is 4.74 Å². The molecule has 0 radical (unpaired) electrons. The Balaban J connectivity index is 2.48. The fraction of sp³-hybridized carbons (Fsp3) is 0.818. The lowest BCUT2D eigenvalue weighted by molar-refractivity contribution is -0.0520. The number of thiol groups is 1. The molecule has 2 atom stereocenters. The van der Waals surface area contributed by atoms with Crippen LogP contribution in [-0.4, -0.2) is 42.5 Å². The van der Waals surface area contributed by atoms with Gasteiger partial charge in [0.1, 0.15) is 0 Å². The van der Waals surface area contributed by atoms with Crippen LogP contribution in [-0.2, 0) is 4.74 Å². The molecule has 2 unspecified atom stereocenters. The van der Waals surface area contributed by atoms with Crippen LogP contribution in [0.2, 0.25) is 0 Å². The number of rotatable bonds is 4. The SMILES string of the molecule is C=C(CS)CN1CC(C)OCC1CC. The second kappa shape index (κ2) is 5.79. The second-order valence-electron chi connectivity index (χ2n) is 4.04. The Morgan fingerprint density at radius 1 is 1.64 bits per heavy atom. The van der Waals surface area contributed by atoms with Crippen molar-refractivity contribution in [3.63, 3.8) is 0 Å². The smallest absolute Gasteiger partial charge is 0.0674 e. The predicted molar refractivity (Wildman–Crippen MR) is 64.1 cm³/mol. The maximum absolute atomic E-state index is 5.64. The van der Waals surface area contributed by atoms with Gasteiger partial charge in [0.25, 0.3) is 0 Å². The first-order valence-electron chi connectivity index (χ1n) is 5.30. The fourth-order valence-electron chi connectivity index (χ4n) is 1.82. The molecule has 1 heterocycles. The minimum Gasteiger partial charge on any atom is -0.376 e. The van der Waals surface area contributed by atoms with Crippen LogP contribution in [0.25, 0.3) is 0 Å². The van der Waals surface area contributed by atoms with Gasteiger partial charge in [-0.25, -0.2) is 0 Å². The summed E-state index contributed by atoms with van der Waals surface area (Å²) >= 11 is 4.24. The topological polar surface area (TPSA) is 12.5 Å². The van der Waals surface area contributed by atoms with Crippen LogP contribution in [0.5, 0.6) is 0 Å². The highest BCUT2D eigenvalue weighted by Gasteiger charge is 2.25. The molecule has 0 amide bonds. The Labute approximate surface area is 92.7 Å². The first-order chi connectivity index (χ1) is 6.67. The number of hydrogen-bond donors (Lipinski definition) is 1. The minimum absolute atomic E-state index is 0.352. The summed E-state index contributed by atoms with van der Waals surface area (Å²) < 4.78 is 5.64. The van der Waals surface area contributed by atoms with Crippen molar-refractivity contribution in [3.05, 3.63) is 12.2 Å². The molecule has 0 aromatic heterocycles. The molecular formula is C11H21NOS. The maximum Gasteiger partial charge on any atom is 0.0674 e. The number of morpholine rings is 1. The van der Waals surface area contributed by atoms with E-state index in [2.05, 4.69) is 38.0 Å². The highest BCUT2D eigenvalue weighted by Crippen LogP contribution is 2.15. The van der Waals surface area contributed by atoms with Crippen molar-refractivity contribution in [1.29, 1.82) is 0 Å². The molecule has 0 N–H and O–H groups in total. The average Bonchev–Trinajstić information content (AvgIpc) is 2.18. The van der Waals surface area contributed by atoms with E-state index in [9.17, 15) is 0 Å². The summed E-state index contributed by atoms with van der Waals surface area (Å²) in [4.78, 5) is 2.46. The molecule has 1 saturated heterocycles. The third kappa shape index (κ3) is 3.30. The molecule has 1 aliphatic rings. The molecule has 0 saturated carbocycles. The van der Waals surface area contributed by atoms with Crippen LogP contribution >= 0.6 is 12.6 Å². The number of nitrogens with zero attached hydrogens (tertiary/aromatic N) is 1. The Morgan fingerprint density at radius 2 is 2.36 bits per heavy atom. The zero-order valence-electron chi connectivity index (χ0n) is 9.20. The summed E-state index contributed by atoms with van der Waals surface area (Å²) in [7, 11) is 0. The normalized spacial score (nSPS) is 29.1. The molecule has 0 spiro atoms. The molecule has 0 aromatic carbocycles. The van der Waals surface area contributed by atoms with Crippen molar-refractivity contribution < 1.29 is 4.74 Å². The van der Waals surface area contributed by atoms with E-state index in [1.807, 2.05) is 0 Å². The van der Waals surface area contributed by atoms with Crippen LogP contribution in [0.4, 0.5) is 0 Å². The Bertz CT molecular complexity index is 196. The van der Waals surface area contributed by atoms with Crippen molar-refractivity contribution in [3.8, 4) is 0 Å². The van der Waals surface area contributed by atoms with Gasteiger partial charge in [-0.3, -0.25) is 4.90 Å². The van der Waals surface area contributed by atoms with Gasteiger partial charge in [-0.2, -0.15) is 12.6 Å². The molecular weight excluding hydrogens is 194 g/mol. The van der Waals surface area contributed by atoms with Gasteiger partial charge in [-0.1, -0.05) is 19.1 Å². The Kier molecular flexibility index (Phi) is 4.99. The lowest BCUT2D eigenvalue weighted by Crippen LogP contribution is -2.49.